The van der Waals surface area contributed by atoms with E-state index in [1.54, 1.807) is 12.0 Å². The topological polar surface area (TPSA) is 110 Å². The first kappa shape index (κ1) is 32.1. The Morgan fingerprint density at radius 2 is 1.73 bits per heavy atom. The monoisotopic (exact) mass is 670 g/mol. The van der Waals surface area contributed by atoms with Gasteiger partial charge < -0.3 is 28.7 Å². The fraction of sp³-hybridized carbons (Fsp3) is 0.568. The van der Waals surface area contributed by atoms with Crippen LogP contribution in [0.4, 0.5) is 16.3 Å². The Labute approximate surface area is 287 Å². The SMILES string of the molecule is COCOc1cc(N2Cc3nc(OCC45CCCN4CCC5)nc(N4CC5CCC(C4)N5C(=O)OC(C)(C)C)c3C2=O)c2ccccc2c1. The van der Waals surface area contributed by atoms with Crippen molar-refractivity contribution in [1.29, 1.82) is 0 Å². The van der Waals surface area contributed by atoms with Crippen molar-refractivity contribution < 1.29 is 28.5 Å². The summed E-state index contributed by atoms with van der Waals surface area (Å²) >= 11 is 0. The number of carbonyl (C=O) groups excluding carboxylic acids is 2. The molecule has 2 unspecified atom stereocenters. The van der Waals surface area contributed by atoms with Crippen molar-refractivity contribution >= 4 is 34.3 Å². The van der Waals surface area contributed by atoms with Gasteiger partial charge in [0.05, 0.1) is 35.5 Å². The van der Waals surface area contributed by atoms with Crippen LogP contribution in [0, 0.1) is 0 Å². The maximum absolute atomic E-state index is 14.6. The molecule has 3 aromatic rings. The number of nitrogens with zero attached hydrogens (tertiary/aromatic N) is 6. The van der Waals surface area contributed by atoms with Gasteiger partial charge in [-0.15, -0.1) is 0 Å². The van der Waals surface area contributed by atoms with Gasteiger partial charge in [-0.2, -0.15) is 9.97 Å². The van der Waals surface area contributed by atoms with E-state index in [-0.39, 0.29) is 43.0 Å². The van der Waals surface area contributed by atoms with Gasteiger partial charge in [-0.25, -0.2) is 4.79 Å². The normalized spacial score (nSPS) is 22.9. The van der Waals surface area contributed by atoms with Crippen LogP contribution in [0.2, 0.25) is 0 Å². The third-order valence-corrected chi connectivity index (χ3v) is 10.8. The predicted molar refractivity (Wildman–Crippen MR) is 184 cm³/mol. The van der Waals surface area contributed by atoms with E-state index >= 15 is 0 Å². The summed E-state index contributed by atoms with van der Waals surface area (Å²) in [6.07, 6.45) is 6.04. The number of hydrogen-bond acceptors (Lipinski definition) is 10. The molecule has 49 heavy (non-hydrogen) atoms. The lowest BCUT2D eigenvalue weighted by Gasteiger charge is -2.42. The Morgan fingerprint density at radius 1 is 1.00 bits per heavy atom. The van der Waals surface area contributed by atoms with E-state index in [4.69, 9.17) is 28.9 Å². The van der Waals surface area contributed by atoms with Gasteiger partial charge >= 0.3 is 12.1 Å². The number of piperazine rings is 1. The molecule has 12 heteroatoms. The van der Waals surface area contributed by atoms with E-state index < -0.39 is 5.60 Å². The minimum Gasteiger partial charge on any atom is -0.467 e. The first-order chi connectivity index (χ1) is 23.6. The molecular formula is C37H46N6O6. The van der Waals surface area contributed by atoms with Crippen molar-refractivity contribution in [1.82, 2.24) is 19.8 Å². The number of fused-ring (bicyclic) bond motifs is 5. The maximum Gasteiger partial charge on any atom is 0.410 e. The van der Waals surface area contributed by atoms with Gasteiger partial charge in [0.1, 0.15) is 29.3 Å². The molecule has 2 atom stereocenters. The van der Waals surface area contributed by atoms with Crippen LogP contribution in [0.25, 0.3) is 10.8 Å². The first-order valence-corrected chi connectivity index (χ1v) is 17.6. The highest BCUT2D eigenvalue weighted by Crippen LogP contribution is 2.43. The summed E-state index contributed by atoms with van der Waals surface area (Å²) in [6.45, 7) is 9.90. The van der Waals surface area contributed by atoms with Crippen LogP contribution in [0.15, 0.2) is 36.4 Å². The number of methoxy groups -OCH3 is 1. The lowest BCUT2D eigenvalue weighted by Crippen LogP contribution is -2.57. The second-order valence-electron chi connectivity index (χ2n) is 15.1. The van der Waals surface area contributed by atoms with Crippen LogP contribution in [-0.4, -0.2) is 102 Å². The molecule has 6 heterocycles. The molecule has 2 aromatic carbocycles. The van der Waals surface area contributed by atoms with Gasteiger partial charge in [-0.3, -0.25) is 14.6 Å². The highest BCUT2D eigenvalue weighted by molar-refractivity contribution is 6.16. The molecule has 0 aliphatic carbocycles. The molecule has 0 saturated carbocycles. The highest BCUT2D eigenvalue weighted by Gasteiger charge is 2.48. The number of carbonyl (C=O) groups is 2. The van der Waals surface area contributed by atoms with Gasteiger partial charge in [-0.05, 0) is 83.8 Å². The number of aromatic nitrogens is 2. The number of benzene rings is 2. The number of ether oxygens (including phenoxy) is 4. The average Bonchev–Trinajstić information content (AvgIpc) is 3.81. The number of anilines is 2. The summed E-state index contributed by atoms with van der Waals surface area (Å²) in [5.74, 6) is 1.03. The van der Waals surface area contributed by atoms with Crippen LogP contribution < -0.4 is 19.3 Å². The van der Waals surface area contributed by atoms with Crippen LogP contribution in [-0.2, 0) is 16.0 Å². The molecule has 4 fully saturated rings. The number of hydrogen-bond donors (Lipinski definition) is 0. The van der Waals surface area contributed by atoms with Gasteiger partial charge in [0.25, 0.3) is 5.91 Å². The van der Waals surface area contributed by atoms with E-state index in [1.807, 2.05) is 62.1 Å². The molecule has 260 valence electrons. The van der Waals surface area contributed by atoms with Crippen LogP contribution in [0.5, 0.6) is 11.8 Å². The Morgan fingerprint density at radius 3 is 2.45 bits per heavy atom. The molecule has 12 nitrogen and oxygen atoms in total. The van der Waals surface area contributed by atoms with E-state index in [0.717, 1.165) is 55.2 Å². The standard InChI is InChI=1S/C37H46N6O6/c1-36(2,3)49-35(45)43-25-11-12-26(43)20-40(19-25)32-31-29(38-34(39-32)47-22-37-13-7-15-41(37)16-8-14-37)21-42(33(31)44)30-18-27(48-23-46-4)17-24-9-5-6-10-28(24)30/h5-6,9-10,17-18,25-26H,7-8,11-16,19-23H2,1-4H3. The molecule has 5 aliphatic heterocycles. The zero-order chi connectivity index (χ0) is 33.9. The van der Waals surface area contributed by atoms with E-state index in [1.165, 1.54) is 12.8 Å². The van der Waals surface area contributed by atoms with Crippen molar-refractivity contribution in [3.63, 3.8) is 0 Å². The number of rotatable bonds is 8. The van der Waals surface area contributed by atoms with Gasteiger partial charge in [0.2, 0.25) is 0 Å². The predicted octanol–water partition coefficient (Wildman–Crippen LogP) is 5.37. The lowest BCUT2D eigenvalue weighted by atomic mass is 9.95. The Kier molecular flexibility index (Phi) is 8.06. The minimum absolute atomic E-state index is 0.0318. The summed E-state index contributed by atoms with van der Waals surface area (Å²) in [5, 5.41) is 1.89. The Bertz CT molecular complexity index is 1750. The fourth-order valence-corrected chi connectivity index (χ4v) is 8.70. The summed E-state index contributed by atoms with van der Waals surface area (Å²) in [6, 6.07) is 12.0. The Balaban J connectivity index is 1.15. The largest absolute Gasteiger partial charge is 0.467 e. The molecule has 2 amide bonds. The summed E-state index contributed by atoms with van der Waals surface area (Å²) in [7, 11) is 1.58. The van der Waals surface area contributed by atoms with E-state index in [0.29, 0.717) is 48.5 Å². The van der Waals surface area contributed by atoms with E-state index in [2.05, 4.69) is 9.80 Å². The quantitative estimate of drug-likeness (QED) is 0.290. The molecule has 4 saturated heterocycles. The molecule has 2 bridgehead atoms. The second kappa shape index (κ2) is 12.3. The highest BCUT2D eigenvalue weighted by atomic mass is 16.7. The van der Waals surface area contributed by atoms with Crippen LogP contribution >= 0.6 is 0 Å². The van der Waals surface area contributed by atoms with Gasteiger partial charge in [-0.1, -0.05) is 24.3 Å². The third kappa shape index (κ3) is 5.82. The second-order valence-corrected chi connectivity index (χ2v) is 15.1. The zero-order valence-electron chi connectivity index (χ0n) is 28.9. The molecule has 1 aromatic heterocycles. The van der Waals surface area contributed by atoms with E-state index in [9.17, 15) is 9.59 Å². The maximum atomic E-state index is 14.6. The molecule has 0 radical (unpaired) electrons. The fourth-order valence-electron chi connectivity index (χ4n) is 8.70. The number of amides is 2. The zero-order valence-corrected chi connectivity index (χ0v) is 28.9. The van der Waals surface area contributed by atoms with Crippen molar-refractivity contribution in [2.45, 2.75) is 89.1 Å². The lowest BCUT2D eigenvalue weighted by molar-refractivity contribution is 0.0122. The molecule has 0 N–H and O–H groups in total. The first-order valence-electron chi connectivity index (χ1n) is 17.6. The van der Waals surface area contributed by atoms with Crippen LogP contribution in [0.1, 0.15) is 75.3 Å². The Hall–Kier alpha value is -4.16. The summed E-state index contributed by atoms with van der Waals surface area (Å²) in [5.41, 5.74) is 1.33. The molecule has 0 spiro atoms. The van der Waals surface area contributed by atoms with Crippen molar-refractivity contribution in [2.24, 2.45) is 0 Å². The third-order valence-electron chi connectivity index (χ3n) is 10.8. The molecule has 5 aliphatic rings. The van der Waals surface area contributed by atoms with Crippen molar-refractivity contribution in [3.8, 4) is 11.8 Å². The van der Waals surface area contributed by atoms with Crippen LogP contribution in [0.3, 0.4) is 0 Å². The summed E-state index contributed by atoms with van der Waals surface area (Å²) in [4.78, 5) is 46.2. The van der Waals surface area contributed by atoms with Crippen molar-refractivity contribution in [3.05, 3.63) is 47.7 Å². The van der Waals surface area contributed by atoms with Gasteiger partial charge in [0, 0.05) is 31.7 Å². The smallest absolute Gasteiger partial charge is 0.410 e. The molecule has 8 rings (SSSR count). The average molecular weight is 671 g/mol. The summed E-state index contributed by atoms with van der Waals surface area (Å²) < 4.78 is 23.3. The van der Waals surface area contributed by atoms with Crippen molar-refractivity contribution in [2.75, 3.05) is 56.5 Å². The van der Waals surface area contributed by atoms with Gasteiger partial charge in [0.15, 0.2) is 6.79 Å². The minimum atomic E-state index is -0.576. The molecular weight excluding hydrogens is 624 g/mol.